The van der Waals surface area contributed by atoms with Gasteiger partial charge in [-0.2, -0.15) is 5.48 Å². The van der Waals surface area contributed by atoms with Crippen LogP contribution in [0.15, 0.2) is 30.3 Å². The highest BCUT2D eigenvalue weighted by Crippen LogP contribution is 2.19. The van der Waals surface area contributed by atoms with E-state index in [4.69, 9.17) is 4.84 Å². The summed E-state index contributed by atoms with van der Waals surface area (Å²) in [6, 6.07) is 10.8. The average Bonchev–Trinajstić information content (AvgIpc) is 2.58. The number of nitrogens with one attached hydrogen (secondary N) is 1. The van der Waals surface area contributed by atoms with Gasteiger partial charge in [0.2, 0.25) is 0 Å². The minimum Gasteiger partial charge on any atom is -0.301 e. The third-order valence-electron chi connectivity index (χ3n) is 1.94. The summed E-state index contributed by atoms with van der Waals surface area (Å²) in [5.74, 6) is 0. The van der Waals surface area contributed by atoms with Crippen LogP contribution in [0, 0.1) is 0 Å². The van der Waals surface area contributed by atoms with E-state index in [1.54, 1.807) is 0 Å². The van der Waals surface area contributed by atoms with Crippen LogP contribution in [-0.4, -0.2) is 6.61 Å². The Bertz CT molecular complexity index is 221. The number of rotatable bonds is 1. The van der Waals surface area contributed by atoms with Crippen LogP contribution in [0.4, 0.5) is 0 Å². The molecule has 12 heavy (non-hydrogen) atoms. The molecule has 1 atom stereocenters. The molecule has 1 aliphatic heterocycles. The monoisotopic (exact) mass is 185 g/mol. The molecule has 1 fully saturated rings. The smallest absolute Gasteiger partial charge is 0.0701 e. The van der Waals surface area contributed by atoms with E-state index in [1.807, 2.05) is 6.07 Å². The maximum atomic E-state index is 5.06. The Balaban J connectivity index is 0.000000720. The van der Waals surface area contributed by atoms with Crippen molar-refractivity contribution in [1.29, 1.82) is 0 Å². The molecule has 0 bridgehead atoms. The third kappa shape index (κ3) is 1.97. The fourth-order valence-corrected chi connectivity index (χ4v) is 1.32. The van der Waals surface area contributed by atoms with Crippen molar-refractivity contribution in [3.63, 3.8) is 0 Å². The zero-order valence-corrected chi connectivity index (χ0v) is 7.51. The predicted molar refractivity (Wildman–Crippen MR) is 50.1 cm³/mol. The van der Waals surface area contributed by atoms with Crippen molar-refractivity contribution >= 4 is 12.4 Å². The summed E-state index contributed by atoms with van der Waals surface area (Å²) >= 11 is 0. The lowest BCUT2D eigenvalue weighted by Crippen LogP contribution is -2.10. The molecule has 0 aliphatic carbocycles. The summed E-state index contributed by atoms with van der Waals surface area (Å²) in [6.45, 7) is 0.819. The standard InChI is InChI=1S/C9H11NO.ClH/c1-2-4-8(5-3-1)9-6-7-11-10-9;/h1-5,9-10H,6-7H2;1H/t9-;/m0./s1. The van der Waals surface area contributed by atoms with Crippen molar-refractivity contribution in [1.82, 2.24) is 5.48 Å². The summed E-state index contributed by atoms with van der Waals surface area (Å²) in [4.78, 5) is 5.06. The molecule has 1 saturated heterocycles. The van der Waals surface area contributed by atoms with E-state index in [0.717, 1.165) is 13.0 Å². The summed E-state index contributed by atoms with van der Waals surface area (Å²) in [6.07, 6.45) is 1.07. The van der Waals surface area contributed by atoms with E-state index >= 15 is 0 Å². The molecule has 0 saturated carbocycles. The zero-order chi connectivity index (χ0) is 7.52. The lowest BCUT2D eigenvalue weighted by Gasteiger charge is -2.06. The van der Waals surface area contributed by atoms with Crippen LogP contribution in [0.2, 0.25) is 0 Å². The van der Waals surface area contributed by atoms with E-state index in [2.05, 4.69) is 29.7 Å². The van der Waals surface area contributed by atoms with Crippen LogP contribution >= 0.6 is 12.4 Å². The quantitative estimate of drug-likeness (QED) is 0.724. The van der Waals surface area contributed by atoms with Crippen molar-refractivity contribution in [2.24, 2.45) is 0 Å². The Morgan fingerprint density at radius 3 is 2.58 bits per heavy atom. The van der Waals surface area contributed by atoms with Gasteiger partial charge in [-0.15, -0.1) is 12.4 Å². The lowest BCUT2D eigenvalue weighted by atomic mass is 10.1. The lowest BCUT2D eigenvalue weighted by molar-refractivity contribution is 0.0883. The van der Waals surface area contributed by atoms with Gasteiger partial charge in [0.25, 0.3) is 0 Å². The van der Waals surface area contributed by atoms with Gasteiger partial charge in [-0.25, -0.2) is 0 Å². The number of hydrogen-bond donors (Lipinski definition) is 1. The SMILES string of the molecule is Cl.c1ccc([C@@H]2CCON2)cc1. The fourth-order valence-electron chi connectivity index (χ4n) is 1.32. The van der Waals surface area contributed by atoms with Crippen LogP contribution < -0.4 is 5.48 Å². The summed E-state index contributed by atoms with van der Waals surface area (Å²) < 4.78 is 0. The first-order valence-electron chi connectivity index (χ1n) is 3.89. The molecule has 0 unspecified atom stereocenters. The molecule has 66 valence electrons. The molecular formula is C9H12ClNO. The van der Waals surface area contributed by atoms with Crippen LogP contribution in [0.3, 0.4) is 0 Å². The maximum Gasteiger partial charge on any atom is 0.0701 e. The first-order chi connectivity index (χ1) is 5.47. The normalized spacial score (nSPS) is 21.8. The highest BCUT2D eigenvalue weighted by Gasteiger charge is 2.15. The Hall–Kier alpha value is -0.570. The van der Waals surface area contributed by atoms with Gasteiger partial charge in [0, 0.05) is 0 Å². The van der Waals surface area contributed by atoms with Crippen LogP contribution in [-0.2, 0) is 4.84 Å². The summed E-state index contributed by atoms with van der Waals surface area (Å²) in [7, 11) is 0. The van der Waals surface area contributed by atoms with E-state index in [-0.39, 0.29) is 12.4 Å². The first kappa shape index (κ1) is 9.52. The molecule has 1 aliphatic rings. The van der Waals surface area contributed by atoms with Crippen molar-refractivity contribution in [3.8, 4) is 0 Å². The average molecular weight is 186 g/mol. The van der Waals surface area contributed by atoms with Gasteiger partial charge in [0.05, 0.1) is 12.6 Å². The molecular weight excluding hydrogens is 174 g/mol. The number of hydroxylamine groups is 1. The van der Waals surface area contributed by atoms with Crippen molar-refractivity contribution in [3.05, 3.63) is 35.9 Å². The van der Waals surface area contributed by atoms with Crippen LogP contribution in [0.1, 0.15) is 18.0 Å². The molecule has 0 amide bonds. The van der Waals surface area contributed by atoms with E-state index in [9.17, 15) is 0 Å². The molecule has 3 heteroatoms. The Kier molecular flexibility index (Phi) is 3.53. The minimum atomic E-state index is 0. The molecule has 2 nitrogen and oxygen atoms in total. The van der Waals surface area contributed by atoms with Gasteiger partial charge in [-0.3, -0.25) is 0 Å². The van der Waals surface area contributed by atoms with E-state index in [1.165, 1.54) is 5.56 Å². The second kappa shape index (κ2) is 4.45. The second-order valence-electron chi connectivity index (χ2n) is 2.72. The minimum absolute atomic E-state index is 0. The molecule has 1 N–H and O–H groups in total. The van der Waals surface area contributed by atoms with Crippen molar-refractivity contribution in [2.45, 2.75) is 12.5 Å². The molecule has 0 aromatic heterocycles. The Morgan fingerprint density at radius 1 is 1.25 bits per heavy atom. The number of halogens is 1. The number of hydrogen-bond acceptors (Lipinski definition) is 2. The van der Waals surface area contributed by atoms with Gasteiger partial charge in [-0.1, -0.05) is 30.3 Å². The second-order valence-corrected chi connectivity index (χ2v) is 2.72. The molecule has 0 radical (unpaired) electrons. The van der Waals surface area contributed by atoms with Crippen molar-refractivity contribution < 1.29 is 4.84 Å². The molecule has 1 aromatic rings. The van der Waals surface area contributed by atoms with E-state index in [0.29, 0.717) is 6.04 Å². The molecule has 2 rings (SSSR count). The van der Waals surface area contributed by atoms with Crippen LogP contribution in [0.25, 0.3) is 0 Å². The fraction of sp³-hybridized carbons (Fsp3) is 0.333. The van der Waals surface area contributed by atoms with Crippen molar-refractivity contribution in [2.75, 3.05) is 6.61 Å². The van der Waals surface area contributed by atoms with Gasteiger partial charge in [0.1, 0.15) is 0 Å². The summed E-state index contributed by atoms with van der Waals surface area (Å²) in [5, 5.41) is 0. The van der Waals surface area contributed by atoms with Gasteiger partial charge < -0.3 is 4.84 Å². The van der Waals surface area contributed by atoms with Gasteiger partial charge in [0.15, 0.2) is 0 Å². The third-order valence-corrected chi connectivity index (χ3v) is 1.94. The molecule has 0 spiro atoms. The summed E-state index contributed by atoms with van der Waals surface area (Å²) in [5.41, 5.74) is 4.28. The highest BCUT2D eigenvalue weighted by atomic mass is 35.5. The number of benzene rings is 1. The van der Waals surface area contributed by atoms with E-state index < -0.39 is 0 Å². The molecule has 1 heterocycles. The van der Waals surface area contributed by atoms with Gasteiger partial charge in [-0.05, 0) is 12.0 Å². The van der Waals surface area contributed by atoms with Crippen LogP contribution in [0.5, 0.6) is 0 Å². The molecule has 1 aromatic carbocycles. The maximum absolute atomic E-state index is 5.06. The Morgan fingerprint density at radius 2 is 2.00 bits per heavy atom. The highest BCUT2D eigenvalue weighted by molar-refractivity contribution is 5.85. The topological polar surface area (TPSA) is 21.3 Å². The predicted octanol–water partition coefficient (Wildman–Crippen LogP) is 2.07. The first-order valence-corrected chi connectivity index (χ1v) is 3.89. The zero-order valence-electron chi connectivity index (χ0n) is 6.69. The van der Waals surface area contributed by atoms with Gasteiger partial charge >= 0.3 is 0 Å². The Labute approximate surface area is 78.3 Å². The largest absolute Gasteiger partial charge is 0.301 e.